The van der Waals surface area contributed by atoms with Crippen molar-refractivity contribution in [3.05, 3.63) is 62.8 Å². The third-order valence-corrected chi connectivity index (χ3v) is 3.22. The van der Waals surface area contributed by atoms with Crippen molar-refractivity contribution in [3.8, 4) is 0 Å². The molecule has 0 bridgehead atoms. The van der Waals surface area contributed by atoms with Gasteiger partial charge in [0, 0.05) is 11.6 Å². The molecule has 1 aromatic rings. The molecule has 0 saturated carbocycles. The van der Waals surface area contributed by atoms with E-state index in [2.05, 4.69) is 0 Å². The standard InChI is InChI=1S/C12H8Cl2FNO2/c13-10-6-9(16(17)18)7-12(14,15)11(10)8-4-2-1-3-5-8/h1-6H,7H2. The first-order chi connectivity index (χ1) is 8.42. The molecule has 1 aliphatic rings. The molecule has 94 valence electrons. The summed E-state index contributed by atoms with van der Waals surface area (Å²) < 4.78 is 14.4. The van der Waals surface area contributed by atoms with Gasteiger partial charge in [0.05, 0.1) is 16.4 Å². The van der Waals surface area contributed by atoms with Crippen molar-refractivity contribution < 1.29 is 9.31 Å². The van der Waals surface area contributed by atoms with E-state index in [1.54, 1.807) is 30.3 Å². The average molecular weight is 288 g/mol. The van der Waals surface area contributed by atoms with E-state index in [9.17, 15) is 14.5 Å². The van der Waals surface area contributed by atoms with Crippen molar-refractivity contribution in [2.24, 2.45) is 0 Å². The summed E-state index contributed by atoms with van der Waals surface area (Å²) in [4.78, 5) is 9.98. The molecule has 3 nitrogen and oxygen atoms in total. The molecule has 0 amide bonds. The van der Waals surface area contributed by atoms with Crippen LogP contribution >= 0.6 is 23.2 Å². The molecular formula is C12H8Cl2FNO2. The van der Waals surface area contributed by atoms with Gasteiger partial charge in [0.2, 0.25) is 5.13 Å². The fraction of sp³-hybridized carbons (Fsp3) is 0.167. The molecule has 0 heterocycles. The van der Waals surface area contributed by atoms with Gasteiger partial charge in [-0.05, 0) is 5.56 Å². The van der Waals surface area contributed by atoms with Gasteiger partial charge in [-0.3, -0.25) is 10.1 Å². The third-order valence-electron chi connectivity index (χ3n) is 2.60. The molecule has 0 N–H and O–H groups in total. The molecule has 0 fully saturated rings. The molecule has 6 heteroatoms. The van der Waals surface area contributed by atoms with Crippen molar-refractivity contribution in [2.75, 3.05) is 0 Å². The zero-order valence-electron chi connectivity index (χ0n) is 9.07. The van der Waals surface area contributed by atoms with Crippen LogP contribution in [0.1, 0.15) is 12.0 Å². The fourth-order valence-corrected chi connectivity index (χ4v) is 2.61. The number of nitrogens with zero attached hydrogens (tertiary/aromatic N) is 1. The summed E-state index contributed by atoms with van der Waals surface area (Å²) in [5.74, 6) is 0. The summed E-state index contributed by atoms with van der Waals surface area (Å²) in [6, 6.07) is 8.50. The number of hydrogen-bond acceptors (Lipinski definition) is 2. The van der Waals surface area contributed by atoms with Crippen LogP contribution in [0, 0.1) is 10.1 Å². The minimum absolute atomic E-state index is 0.0448. The average Bonchev–Trinajstić information content (AvgIpc) is 2.28. The van der Waals surface area contributed by atoms with Gasteiger partial charge in [0.15, 0.2) is 0 Å². The number of halogens is 3. The molecule has 0 saturated heterocycles. The quantitative estimate of drug-likeness (QED) is 0.467. The van der Waals surface area contributed by atoms with Crippen LogP contribution in [0.2, 0.25) is 0 Å². The van der Waals surface area contributed by atoms with Crippen LogP contribution < -0.4 is 0 Å². The van der Waals surface area contributed by atoms with Crippen LogP contribution in [0.4, 0.5) is 4.39 Å². The molecule has 2 rings (SSSR count). The Morgan fingerprint density at radius 1 is 1.33 bits per heavy atom. The van der Waals surface area contributed by atoms with Crippen LogP contribution in [0.3, 0.4) is 0 Å². The number of allylic oxidation sites excluding steroid dienone is 4. The maximum Gasteiger partial charge on any atom is 0.252 e. The molecular weight excluding hydrogens is 280 g/mol. The summed E-state index contributed by atoms with van der Waals surface area (Å²) in [7, 11) is 0. The Kier molecular flexibility index (Phi) is 3.41. The largest absolute Gasteiger partial charge is 0.259 e. The summed E-state index contributed by atoms with van der Waals surface area (Å²) in [5.41, 5.74) is 0.243. The fourth-order valence-electron chi connectivity index (χ4n) is 1.83. The van der Waals surface area contributed by atoms with Crippen LogP contribution in [0.25, 0.3) is 5.57 Å². The van der Waals surface area contributed by atoms with Gasteiger partial charge in [-0.25, -0.2) is 4.39 Å². The number of rotatable bonds is 2. The second-order valence-electron chi connectivity index (χ2n) is 3.86. The minimum Gasteiger partial charge on any atom is -0.259 e. The summed E-state index contributed by atoms with van der Waals surface area (Å²) in [5, 5.41) is 8.25. The number of hydrogen-bond donors (Lipinski definition) is 0. The Morgan fingerprint density at radius 3 is 2.44 bits per heavy atom. The molecule has 1 atom stereocenters. The number of benzene rings is 1. The van der Waals surface area contributed by atoms with Gasteiger partial charge in [-0.1, -0.05) is 53.5 Å². The Labute approximate surface area is 113 Å². The highest BCUT2D eigenvalue weighted by Gasteiger charge is 2.42. The van der Waals surface area contributed by atoms with Crippen molar-refractivity contribution in [2.45, 2.75) is 11.5 Å². The molecule has 18 heavy (non-hydrogen) atoms. The van der Waals surface area contributed by atoms with E-state index in [1.807, 2.05) is 0 Å². The lowest BCUT2D eigenvalue weighted by molar-refractivity contribution is -0.429. The molecule has 0 spiro atoms. The van der Waals surface area contributed by atoms with Crippen LogP contribution in [-0.2, 0) is 0 Å². The van der Waals surface area contributed by atoms with Gasteiger partial charge in [-0.2, -0.15) is 0 Å². The van der Waals surface area contributed by atoms with E-state index < -0.39 is 16.5 Å². The van der Waals surface area contributed by atoms with E-state index in [-0.39, 0.29) is 16.3 Å². The first-order valence-electron chi connectivity index (χ1n) is 5.10. The van der Waals surface area contributed by atoms with E-state index in [0.717, 1.165) is 6.08 Å². The predicted octanol–water partition coefficient (Wildman–Crippen LogP) is 4.11. The highest BCUT2D eigenvalue weighted by Crippen LogP contribution is 2.46. The lowest BCUT2D eigenvalue weighted by atomic mass is 9.93. The first-order valence-corrected chi connectivity index (χ1v) is 5.86. The first kappa shape index (κ1) is 13.1. The van der Waals surface area contributed by atoms with Crippen LogP contribution in [0.15, 0.2) is 47.1 Å². The van der Waals surface area contributed by atoms with E-state index in [1.165, 1.54) is 0 Å². The molecule has 0 radical (unpaired) electrons. The second-order valence-corrected chi connectivity index (χ2v) is 4.87. The van der Waals surface area contributed by atoms with Crippen molar-refractivity contribution in [1.29, 1.82) is 0 Å². The van der Waals surface area contributed by atoms with Crippen molar-refractivity contribution >= 4 is 28.8 Å². The second kappa shape index (κ2) is 4.71. The molecule has 0 aromatic heterocycles. The lowest BCUT2D eigenvalue weighted by Gasteiger charge is -2.24. The molecule has 1 aromatic carbocycles. The smallest absolute Gasteiger partial charge is 0.252 e. The minimum atomic E-state index is -2.37. The van der Waals surface area contributed by atoms with Gasteiger partial charge >= 0.3 is 0 Å². The highest BCUT2D eigenvalue weighted by molar-refractivity contribution is 6.39. The maximum absolute atomic E-state index is 14.4. The summed E-state index contributed by atoms with van der Waals surface area (Å²) in [6.45, 7) is 0. The van der Waals surface area contributed by atoms with Gasteiger partial charge in [-0.15, -0.1) is 0 Å². The number of alkyl halides is 2. The van der Waals surface area contributed by atoms with E-state index in [4.69, 9.17) is 23.2 Å². The SMILES string of the molecule is O=[N+]([O-])C1=CC(Cl)=C(c2ccccc2)C(F)(Cl)C1. The molecule has 1 aliphatic carbocycles. The Balaban J connectivity index is 2.57. The molecule has 0 aliphatic heterocycles. The Morgan fingerprint density at radius 2 is 1.94 bits per heavy atom. The zero-order chi connectivity index (χ0) is 13.3. The maximum atomic E-state index is 14.4. The highest BCUT2D eigenvalue weighted by atomic mass is 35.5. The predicted molar refractivity (Wildman–Crippen MR) is 68.6 cm³/mol. The van der Waals surface area contributed by atoms with Crippen LogP contribution in [-0.4, -0.2) is 10.1 Å². The van der Waals surface area contributed by atoms with E-state index in [0.29, 0.717) is 5.56 Å². The monoisotopic (exact) mass is 287 g/mol. The van der Waals surface area contributed by atoms with Gasteiger partial charge in [0.1, 0.15) is 0 Å². The third kappa shape index (κ3) is 2.40. The summed E-state index contributed by atoms with van der Waals surface area (Å²) >= 11 is 11.7. The van der Waals surface area contributed by atoms with Crippen molar-refractivity contribution in [1.82, 2.24) is 0 Å². The van der Waals surface area contributed by atoms with Crippen molar-refractivity contribution in [3.63, 3.8) is 0 Å². The Hall–Kier alpha value is -1.39. The van der Waals surface area contributed by atoms with Gasteiger partial charge in [0.25, 0.3) is 5.70 Å². The van der Waals surface area contributed by atoms with Crippen LogP contribution in [0.5, 0.6) is 0 Å². The zero-order valence-corrected chi connectivity index (χ0v) is 10.6. The normalized spacial score (nSPS) is 23.8. The Bertz CT molecular complexity index is 552. The summed E-state index contributed by atoms with van der Waals surface area (Å²) in [6.07, 6.45) is 0.631. The molecule has 1 unspecified atom stereocenters. The topological polar surface area (TPSA) is 43.1 Å². The van der Waals surface area contributed by atoms with Gasteiger partial charge < -0.3 is 0 Å². The number of nitro groups is 1. The lowest BCUT2D eigenvalue weighted by Crippen LogP contribution is -2.24. The van der Waals surface area contributed by atoms with E-state index >= 15 is 0 Å².